The van der Waals surface area contributed by atoms with Crippen molar-refractivity contribution in [3.8, 4) is 5.75 Å². The molecule has 0 N–H and O–H groups in total. The molecule has 25 heavy (non-hydrogen) atoms. The topological polar surface area (TPSA) is 72.9 Å². The number of rotatable bonds is 5. The lowest BCUT2D eigenvalue weighted by Gasteiger charge is -2.22. The van der Waals surface area contributed by atoms with Gasteiger partial charge in [0.2, 0.25) is 0 Å². The second-order valence-corrected chi connectivity index (χ2v) is 7.23. The van der Waals surface area contributed by atoms with Gasteiger partial charge in [0.25, 0.3) is 10.0 Å². The number of sulfonamides is 1. The molecule has 2 aromatic carbocycles. The number of anilines is 1. The molecule has 0 aliphatic carbocycles. The summed E-state index contributed by atoms with van der Waals surface area (Å²) in [6.07, 6.45) is 0. The van der Waals surface area contributed by atoms with Crippen LogP contribution in [0.3, 0.4) is 0 Å². The van der Waals surface area contributed by atoms with Gasteiger partial charge < -0.3 is 9.47 Å². The number of nitrogens with zero attached hydrogens (tertiary/aromatic N) is 1. The summed E-state index contributed by atoms with van der Waals surface area (Å²) < 4.78 is 49.9. The lowest BCUT2D eigenvalue weighted by molar-refractivity contribution is 0.0600. The predicted octanol–water partition coefficient (Wildman–Crippen LogP) is 2.75. The smallest absolute Gasteiger partial charge is 0.337 e. The van der Waals surface area contributed by atoms with Crippen molar-refractivity contribution >= 4 is 21.7 Å². The standard InChI is InChI=1S/C17H18FNO5S/c1-11-5-6-12(17(20)24-4)9-15(11)19(2)25(21,22)13-7-8-16(23-3)14(18)10-13/h5-10H,1-4H3. The second-order valence-electron chi connectivity index (χ2n) is 5.26. The fraction of sp³-hybridized carbons (Fsp3) is 0.235. The Bertz CT molecular complexity index is 911. The van der Waals surface area contributed by atoms with E-state index in [1.165, 1.54) is 45.5 Å². The minimum absolute atomic E-state index is 0.0505. The van der Waals surface area contributed by atoms with Crippen LogP contribution in [0.15, 0.2) is 41.3 Å². The van der Waals surface area contributed by atoms with Crippen molar-refractivity contribution in [2.75, 3.05) is 25.6 Å². The molecule has 0 aromatic heterocycles. The minimum atomic E-state index is -4.03. The highest BCUT2D eigenvalue weighted by molar-refractivity contribution is 7.92. The van der Waals surface area contributed by atoms with E-state index in [1.807, 2.05) is 0 Å². The highest BCUT2D eigenvalue weighted by Crippen LogP contribution is 2.28. The fourth-order valence-electron chi connectivity index (χ4n) is 2.29. The molecule has 0 atom stereocenters. The Balaban J connectivity index is 2.50. The maximum Gasteiger partial charge on any atom is 0.337 e. The zero-order valence-corrected chi connectivity index (χ0v) is 15.1. The molecule has 0 saturated carbocycles. The molecule has 0 unspecified atom stereocenters. The van der Waals surface area contributed by atoms with E-state index >= 15 is 0 Å². The van der Waals surface area contributed by atoms with Crippen LogP contribution in [0.1, 0.15) is 15.9 Å². The average Bonchev–Trinajstić information content (AvgIpc) is 2.60. The largest absolute Gasteiger partial charge is 0.494 e. The number of hydrogen-bond donors (Lipinski definition) is 0. The summed E-state index contributed by atoms with van der Waals surface area (Å²) in [6, 6.07) is 7.96. The SMILES string of the molecule is COC(=O)c1ccc(C)c(N(C)S(=O)(=O)c2ccc(OC)c(F)c2)c1. The third-order valence-electron chi connectivity index (χ3n) is 3.75. The summed E-state index contributed by atoms with van der Waals surface area (Å²) >= 11 is 0. The van der Waals surface area contributed by atoms with E-state index in [2.05, 4.69) is 4.74 Å². The number of carbonyl (C=O) groups excluding carboxylic acids is 1. The second kappa shape index (κ2) is 7.10. The quantitative estimate of drug-likeness (QED) is 0.760. The number of benzene rings is 2. The molecule has 8 heteroatoms. The molecule has 0 aliphatic rings. The summed E-state index contributed by atoms with van der Waals surface area (Å²) in [5, 5.41) is 0. The highest BCUT2D eigenvalue weighted by Gasteiger charge is 2.24. The average molecular weight is 367 g/mol. The molecule has 0 aliphatic heterocycles. The number of methoxy groups -OCH3 is 2. The molecule has 0 spiro atoms. The van der Waals surface area contributed by atoms with Gasteiger partial charge in [0.05, 0.1) is 30.4 Å². The van der Waals surface area contributed by atoms with Crippen LogP contribution in [0.5, 0.6) is 5.75 Å². The molecular formula is C17H18FNO5S. The first-order valence-corrected chi connectivity index (χ1v) is 8.67. The molecule has 0 bridgehead atoms. The van der Waals surface area contributed by atoms with Crippen LogP contribution in [-0.2, 0) is 14.8 Å². The number of halogens is 1. The van der Waals surface area contributed by atoms with Crippen LogP contribution in [0.4, 0.5) is 10.1 Å². The van der Waals surface area contributed by atoms with E-state index in [0.29, 0.717) is 11.3 Å². The van der Waals surface area contributed by atoms with E-state index < -0.39 is 21.8 Å². The van der Waals surface area contributed by atoms with Crippen molar-refractivity contribution in [2.24, 2.45) is 0 Å². The summed E-state index contributed by atoms with van der Waals surface area (Å²) in [4.78, 5) is 11.5. The molecule has 0 radical (unpaired) electrons. The van der Waals surface area contributed by atoms with Crippen LogP contribution in [0.25, 0.3) is 0 Å². The minimum Gasteiger partial charge on any atom is -0.494 e. The first kappa shape index (κ1) is 18.7. The zero-order chi connectivity index (χ0) is 18.8. The molecule has 2 rings (SSSR count). The Kier molecular flexibility index (Phi) is 5.32. The van der Waals surface area contributed by atoms with Crippen molar-refractivity contribution in [1.82, 2.24) is 0 Å². The summed E-state index contributed by atoms with van der Waals surface area (Å²) in [7, 11) is -0.161. The van der Waals surface area contributed by atoms with Crippen molar-refractivity contribution in [3.05, 3.63) is 53.3 Å². The van der Waals surface area contributed by atoms with Crippen LogP contribution in [0, 0.1) is 12.7 Å². The maximum atomic E-state index is 13.9. The molecule has 6 nitrogen and oxygen atoms in total. The van der Waals surface area contributed by atoms with Gasteiger partial charge in [-0.15, -0.1) is 0 Å². The van der Waals surface area contributed by atoms with Crippen LogP contribution in [0.2, 0.25) is 0 Å². The first-order chi connectivity index (χ1) is 11.7. The maximum absolute atomic E-state index is 13.9. The number of aryl methyl sites for hydroxylation is 1. The number of hydrogen-bond acceptors (Lipinski definition) is 5. The van der Waals surface area contributed by atoms with Crippen LogP contribution < -0.4 is 9.04 Å². The summed E-state index contributed by atoms with van der Waals surface area (Å²) in [6.45, 7) is 1.71. The Morgan fingerprint density at radius 1 is 1.12 bits per heavy atom. The van der Waals surface area contributed by atoms with E-state index in [1.54, 1.807) is 13.0 Å². The zero-order valence-electron chi connectivity index (χ0n) is 14.2. The van der Waals surface area contributed by atoms with Gasteiger partial charge in [-0.1, -0.05) is 6.07 Å². The third kappa shape index (κ3) is 3.58. The Morgan fingerprint density at radius 3 is 2.36 bits per heavy atom. The van der Waals surface area contributed by atoms with E-state index in [9.17, 15) is 17.6 Å². The van der Waals surface area contributed by atoms with Crippen molar-refractivity contribution in [1.29, 1.82) is 0 Å². The number of carbonyl (C=O) groups is 1. The molecule has 2 aromatic rings. The normalized spacial score (nSPS) is 11.1. The molecule has 0 fully saturated rings. The molecule has 0 amide bonds. The fourth-order valence-corrected chi connectivity index (χ4v) is 3.55. The molecule has 134 valence electrons. The predicted molar refractivity (Wildman–Crippen MR) is 91.1 cm³/mol. The van der Waals surface area contributed by atoms with Gasteiger partial charge in [0, 0.05) is 7.05 Å². The summed E-state index contributed by atoms with van der Waals surface area (Å²) in [5.41, 5.74) is 1.14. The van der Waals surface area contributed by atoms with Gasteiger partial charge in [-0.2, -0.15) is 0 Å². The van der Waals surface area contributed by atoms with E-state index in [-0.39, 0.29) is 16.2 Å². The first-order valence-electron chi connectivity index (χ1n) is 7.23. The monoisotopic (exact) mass is 367 g/mol. The van der Waals surface area contributed by atoms with Crippen molar-refractivity contribution in [3.63, 3.8) is 0 Å². The van der Waals surface area contributed by atoms with Gasteiger partial charge in [-0.3, -0.25) is 4.31 Å². The molecule has 0 saturated heterocycles. The van der Waals surface area contributed by atoms with Gasteiger partial charge in [-0.05, 0) is 42.8 Å². The van der Waals surface area contributed by atoms with Crippen LogP contribution in [-0.4, -0.2) is 35.7 Å². The van der Waals surface area contributed by atoms with Crippen molar-refractivity contribution in [2.45, 2.75) is 11.8 Å². The highest BCUT2D eigenvalue weighted by atomic mass is 32.2. The Hall–Kier alpha value is -2.61. The lowest BCUT2D eigenvalue weighted by Crippen LogP contribution is -2.27. The number of ether oxygens (including phenoxy) is 2. The molecular weight excluding hydrogens is 349 g/mol. The Morgan fingerprint density at radius 2 is 1.80 bits per heavy atom. The molecule has 0 heterocycles. The third-order valence-corrected chi connectivity index (χ3v) is 5.52. The van der Waals surface area contributed by atoms with Gasteiger partial charge in [0.1, 0.15) is 0 Å². The Labute approximate surface area is 145 Å². The number of esters is 1. The lowest BCUT2D eigenvalue weighted by atomic mass is 10.1. The van der Waals surface area contributed by atoms with Gasteiger partial charge in [-0.25, -0.2) is 17.6 Å². The van der Waals surface area contributed by atoms with Crippen molar-refractivity contribution < 1.29 is 27.1 Å². The van der Waals surface area contributed by atoms with Gasteiger partial charge >= 0.3 is 5.97 Å². The van der Waals surface area contributed by atoms with E-state index in [0.717, 1.165) is 10.4 Å². The van der Waals surface area contributed by atoms with E-state index in [4.69, 9.17) is 4.74 Å². The summed E-state index contributed by atoms with van der Waals surface area (Å²) in [5.74, 6) is -1.41. The van der Waals surface area contributed by atoms with Crippen LogP contribution >= 0.6 is 0 Å². The van der Waals surface area contributed by atoms with Gasteiger partial charge in [0.15, 0.2) is 11.6 Å².